The van der Waals surface area contributed by atoms with Crippen LogP contribution in [-0.4, -0.2) is 15.5 Å². The molecule has 2 rings (SSSR count). The van der Waals surface area contributed by atoms with Crippen molar-refractivity contribution in [1.82, 2.24) is 15.3 Å². The monoisotopic (exact) mass is 287 g/mol. The molecule has 1 aromatic heterocycles. The summed E-state index contributed by atoms with van der Waals surface area (Å²) in [7, 11) is 0. The fourth-order valence-electron chi connectivity index (χ4n) is 2.11. The molecule has 0 aliphatic heterocycles. The van der Waals surface area contributed by atoms with E-state index in [0.717, 1.165) is 23.5 Å². The average Bonchev–Trinajstić information content (AvgIpc) is 2.36. The van der Waals surface area contributed by atoms with Gasteiger partial charge in [0, 0.05) is 34.6 Å². The summed E-state index contributed by atoms with van der Waals surface area (Å²) in [6.45, 7) is 11.0. The zero-order valence-corrected chi connectivity index (χ0v) is 13.3. The van der Waals surface area contributed by atoms with E-state index in [9.17, 15) is 4.39 Å². The molecule has 1 N–H and O–H groups in total. The van der Waals surface area contributed by atoms with E-state index in [4.69, 9.17) is 0 Å². The summed E-state index contributed by atoms with van der Waals surface area (Å²) >= 11 is 0. The Balaban J connectivity index is 2.33. The number of hydrogen-bond donors (Lipinski definition) is 1. The Bertz CT molecular complexity index is 622. The van der Waals surface area contributed by atoms with Crippen LogP contribution in [0.2, 0.25) is 0 Å². The maximum absolute atomic E-state index is 13.3. The van der Waals surface area contributed by atoms with Crippen LogP contribution < -0.4 is 5.32 Å². The number of aryl methyl sites for hydroxylation is 2. The molecule has 3 nitrogen and oxygen atoms in total. The number of nitrogens with one attached hydrogen (secondary N) is 1. The van der Waals surface area contributed by atoms with Crippen molar-refractivity contribution < 1.29 is 4.39 Å². The minimum Gasteiger partial charge on any atom is -0.308 e. The Morgan fingerprint density at radius 2 is 1.71 bits per heavy atom. The molecule has 0 aliphatic rings. The lowest BCUT2D eigenvalue weighted by atomic mass is 10.1. The predicted molar refractivity (Wildman–Crippen MR) is 83.5 cm³/mol. The average molecular weight is 287 g/mol. The second-order valence-corrected chi connectivity index (χ2v) is 6.31. The number of hydrogen-bond acceptors (Lipinski definition) is 3. The van der Waals surface area contributed by atoms with Gasteiger partial charge < -0.3 is 5.32 Å². The number of rotatable bonds is 3. The van der Waals surface area contributed by atoms with Crippen LogP contribution in [0.15, 0.2) is 24.3 Å². The first-order valence-corrected chi connectivity index (χ1v) is 7.11. The third kappa shape index (κ3) is 4.08. The fourth-order valence-corrected chi connectivity index (χ4v) is 2.11. The van der Waals surface area contributed by atoms with E-state index in [1.54, 1.807) is 6.07 Å². The van der Waals surface area contributed by atoms with E-state index in [2.05, 4.69) is 36.1 Å². The molecule has 21 heavy (non-hydrogen) atoms. The summed E-state index contributed by atoms with van der Waals surface area (Å²) in [5.74, 6) is 0.300. The first-order valence-electron chi connectivity index (χ1n) is 7.11. The number of aromatic nitrogens is 2. The maximum atomic E-state index is 13.3. The zero-order chi connectivity index (χ0) is 15.6. The number of nitrogens with zero attached hydrogens (tertiary/aromatic N) is 2. The van der Waals surface area contributed by atoms with Gasteiger partial charge in [0.25, 0.3) is 0 Å². The molecule has 0 saturated carbocycles. The van der Waals surface area contributed by atoms with Crippen molar-refractivity contribution in [2.75, 3.05) is 0 Å². The van der Waals surface area contributed by atoms with Gasteiger partial charge in [-0.3, -0.25) is 0 Å². The highest BCUT2D eigenvalue weighted by Gasteiger charge is 2.14. The molecule has 0 amide bonds. The summed E-state index contributed by atoms with van der Waals surface area (Å²) in [6, 6.07) is 6.38. The van der Waals surface area contributed by atoms with Crippen LogP contribution in [0.3, 0.4) is 0 Å². The predicted octanol–water partition coefficient (Wildman–Crippen LogP) is 3.79. The SMILES string of the molecule is Cc1nc(-c2cccc(F)c2)nc(C)c1CNC(C)(C)C. The van der Waals surface area contributed by atoms with Crippen molar-refractivity contribution in [3.05, 3.63) is 47.0 Å². The molecular weight excluding hydrogens is 265 g/mol. The van der Waals surface area contributed by atoms with Crippen molar-refractivity contribution in [2.24, 2.45) is 0 Å². The third-order valence-electron chi connectivity index (χ3n) is 3.30. The highest BCUT2D eigenvalue weighted by molar-refractivity contribution is 5.55. The van der Waals surface area contributed by atoms with Crippen LogP contribution in [0, 0.1) is 19.7 Å². The standard InChI is InChI=1S/C17H22FN3/c1-11-15(10-19-17(3,4)5)12(2)21-16(20-11)13-7-6-8-14(18)9-13/h6-9,19H,10H2,1-5H3. The molecule has 0 fully saturated rings. The Hall–Kier alpha value is -1.81. The molecule has 0 atom stereocenters. The molecule has 0 unspecified atom stereocenters. The lowest BCUT2D eigenvalue weighted by molar-refractivity contribution is 0.422. The van der Waals surface area contributed by atoms with E-state index in [0.29, 0.717) is 11.4 Å². The Labute approximate surface area is 125 Å². The highest BCUT2D eigenvalue weighted by Crippen LogP contribution is 2.20. The first-order chi connectivity index (χ1) is 9.76. The Kier molecular flexibility index (Phi) is 4.37. The van der Waals surface area contributed by atoms with Crippen molar-refractivity contribution in [3.8, 4) is 11.4 Å². The van der Waals surface area contributed by atoms with Crippen molar-refractivity contribution in [3.63, 3.8) is 0 Å². The van der Waals surface area contributed by atoms with Gasteiger partial charge >= 0.3 is 0 Å². The lowest BCUT2D eigenvalue weighted by Gasteiger charge is -2.22. The van der Waals surface area contributed by atoms with Crippen LogP contribution in [0.4, 0.5) is 4.39 Å². The maximum Gasteiger partial charge on any atom is 0.159 e. The molecule has 4 heteroatoms. The number of halogens is 1. The van der Waals surface area contributed by atoms with E-state index in [1.165, 1.54) is 12.1 Å². The second-order valence-electron chi connectivity index (χ2n) is 6.31. The number of benzene rings is 1. The van der Waals surface area contributed by atoms with Crippen LogP contribution >= 0.6 is 0 Å². The molecule has 112 valence electrons. The van der Waals surface area contributed by atoms with Gasteiger partial charge in [-0.1, -0.05) is 12.1 Å². The second kappa shape index (κ2) is 5.90. The molecule has 1 heterocycles. The molecule has 2 aromatic rings. The molecule has 0 spiro atoms. The van der Waals surface area contributed by atoms with Crippen LogP contribution in [0.5, 0.6) is 0 Å². The van der Waals surface area contributed by atoms with Crippen molar-refractivity contribution in [2.45, 2.75) is 46.7 Å². The van der Waals surface area contributed by atoms with Crippen molar-refractivity contribution in [1.29, 1.82) is 0 Å². The van der Waals surface area contributed by atoms with Gasteiger partial charge in [-0.15, -0.1) is 0 Å². The summed E-state index contributed by atoms with van der Waals surface area (Å²) in [4.78, 5) is 9.06. The topological polar surface area (TPSA) is 37.8 Å². The van der Waals surface area contributed by atoms with Crippen molar-refractivity contribution >= 4 is 0 Å². The lowest BCUT2D eigenvalue weighted by Crippen LogP contribution is -2.35. The Morgan fingerprint density at radius 1 is 1.10 bits per heavy atom. The first kappa shape index (κ1) is 15.6. The van der Waals surface area contributed by atoms with Gasteiger partial charge in [-0.2, -0.15) is 0 Å². The van der Waals surface area contributed by atoms with Crippen LogP contribution in [0.25, 0.3) is 11.4 Å². The van der Waals surface area contributed by atoms with E-state index >= 15 is 0 Å². The minimum atomic E-state index is -0.273. The van der Waals surface area contributed by atoms with Crippen LogP contribution in [-0.2, 0) is 6.54 Å². The Morgan fingerprint density at radius 3 is 2.24 bits per heavy atom. The summed E-state index contributed by atoms with van der Waals surface area (Å²) in [6.07, 6.45) is 0. The molecule has 0 saturated heterocycles. The molecular formula is C17H22FN3. The van der Waals surface area contributed by atoms with Gasteiger partial charge in [0.2, 0.25) is 0 Å². The van der Waals surface area contributed by atoms with E-state index in [1.807, 2.05) is 19.9 Å². The van der Waals surface area contributed by atoms with Gasteiger partial charge in [-0.05, 0) is 46.8 Å². The summed E-state index contributed by atoms with van der Waals surface area (Å²) in [5.41, 5.74) is 3.71. The normalized spacial score (nSPS) is 11.7. The molecule has 0 aliphatic carbocycles. The highest BCUT2D eigenvalue weighted by atomic mass is 19.1. The molecule has 0 bridgehead atoms. The minimum absolute atomic E-state index is 0.0418. The summed E-state index contributed by atoms with van der Waals surface area (Å²) < 4.78 is 13.3. The third-order valence-corrected chi connectivity index (χ3v) is 3.30. The van der Waals surface area contributed by atoms with E-state index < -0.39 is 0 Å². The summed E-state index contributed by atoms with van der Waals surface area (Å²) in [5, 5.41) is 3.45. The molecule has 1 aromatic carbocycles. The molecule has 0 radical (unpaired) electrons. The van der Waals surface area contributed by atoms with E-state index in [-0.39, 0.29) is 11.4 Å². The van der Waals surface area contributed by atoms with Gasteiger partial charge in [-0.25, -0.2) is 14.4 Å². The fraction of sp³-hybridized carbons (Fsp3) is 0.412. The largest absolute Gasteiger partial charge is 0.308 e. The van der Waals surface area contributed by atoms with Gasteiger partial charge in [0.1, 0.15) is 5.82 Å². The van der Waals surface area contributed by atoms with Crippen LogP contribution in [0.1, 0.15) is 37.7 Å². The zero-order valence-electron chi connectivity index (χ0n) is 13.3. The van der Waals surface area contributed by atoms with Gasteiger partial charge in [0.05, 0.1) is 0 Å². The quantitative estimate of drug-likeness (QED) is 0.933. The smallest absolute Gasteiger partial charge is 0.159 e. The van der Waals surface area contributed by atoms with Gasteiger partial charge in [0.15, 0.2) is 5.82 Å².